The van der Waals surface area contributed by atoms with Gasteiger partial charge in [-0.1, -0.05) is 25.1 Å². The number of likely N-dealkylation sites (tertiary alicyclic amines) is 1. The molecule has 2 fully saturated rings. The summed E-state index contributed by atoms with van der Waals surface area (Å²) in [7, 11) is 0. The van der Waals surface area contributed by atoms with Crippen LogP contribution in [0, 0.1) is 0 Å². The van der Waals surface area contributed by atoms with Crippen LogP contribution in [-0.2, 0) is 14.3 Å². The van der Waals surface area contributed by atoms with Gasteiger partial charge >= 0.3 is 0 Å². The van der Waals surface area contributed by atoms with E-state index < -0.39 is 17.7 Å². The Morgan fingerprint density at radius 2 is 2.00 bits per heavy atom. The maximum Gasteiger partial charge on any atom is 0.295 e. The van der Waals surface area contributed by atoms with E-state index >= 15 is 0 Å². The lowest BCUT2D eigenvalue weighted by molar-refractivity contribution is -0.140. The van der Waals surface area contributed by atoms with Crippen molar-refractivity contribution in [3.05, 3.63) is 57.8 Å². The highest BCUT2D eigenvalue weighted by atomic mass is 32.1. The first-order valence-corrected chi connectivity index (χ1v) is 11.8. The van der Waals surface area contributed by atoms with Crippen molar-refractivity contribution in [2.45, 2.75) is 19.4 Å². The predicted molar refractivity (Wildman–Crippen MR) is 123 cm³/mol. The van der Waals surface area contributed by atoms with E-state index in [1.807, 2.05) is 30.5 Å². The van der Waals surface area contributed by atoms with Crippen molar-refractivity contribution in [3.8, 4) is 5.75 Å². The molecule has 1 unspecified atom stereocenters. The molecule has 8 heteroatoms. The summed E-state index contributed by atoms with van der Waals surface area (Å²) in [6, 6.07) is 10.2. The number of carbonyl (C=O) groups excluding carboxylic acids is 2. The molecule has 1 atom stereocenters. The van der Waals surface area contributed by atoms with Crippen LogP contribution in [0.25, 0.3) is 5.76 Å². The Labute approximate surface area is 191 Å². The molecular weight excluding hydrogens is 428 g/mol. The third-order valence-electron chi connectivity index (χ3n) is 5.69. The van der Waals surface area contributed by atoms with Gasteiger partial charge in [0.05, 0.1) is 31.4 Å². The van der Waals surface area contributed by atoms with Crippen LogP contribution in [0.15, 0.2) is 47.4 Å². The summed E-state index contributed by atoms with van der Waals surface area (Å²) in [5.41, 5.74) is 0.596. The number of carbonyl (C=O) groups is 2. The van der Waals surface area contributed by atoms with E-state index in [4.69, 9.17) is 9.47 Å². The molecule has 0 aliphatic carbocycles. The van der Waals surface area contributed by atoms with Gasteiger partial charge in [-0.05, 0) is 30.0 Å². The van der Waals surface area contributed by atoms with Gasteiger partial charge in [0, 0.05) is 36.6 Å². The summed E-state index contributed by atoms with van der Waals surface area (Å²) in [4.78, 5) is 30.7. The SMILES string of the molecule is CCCOc1cccc(/C(O)=C2\C(=O)C(=O)N(CCN3CCOCC3)C2c2cccs2)c1. The van der Waals surface area contributed by atoms with Crippen LogP contribution in [-0.4, -0.2) is 72.6 Å². The van der Waals surface area contributed by atoms with Gasteiger partial charge < -0.3 is 19.5 Å². The van der Waals surface area contributed by atoms with Gasteiger partial charge in [0.2, 0.25) is 0 Å². The number of nitrogens with zero attached hydrogens (tertiary/aromatic N) is 2. The Morgan fingerprint density at radius 1 is 1.19 bits per heavy atom. The van der Waals surface area contributed by atoms with E-state index in [9.17, 15) is 14.7 Å². The average molecular weight is 457 g/mol. The zero-order valence-electron chi connectivity index (χ0n) is 18.2. The van der Waals surface area contributed by atoms with Crippen LogP contribution in [0.1, 0.15) is 29.8 Å². The van der Waals surface area contributed by atoms with Crippen LogP contribution in [0.3, 0.4) is 0 Å². The summed E-state index contributed by atoms with van der Waals surface area (Å²) in [6.07, 6.45) is 0.864. The van der Waals surface area contributed by atoms with Gasteiger partial charge in [-0.15, -0.1) is 11.3 Å². The Bertz CT molecular complexity index is 982. The first kappa shape index (κ1) is 22.5. The van der Waals surface area contributed by atoms with Crippen LogP contribution >= 0.6 is 11.3 Å². The molecule has 2 aliphatic rings. The van der Waals surface area contributed by atoms with E-state index in [0.717, 1.165) is 24.4 Å². The van der Waals surface area contributed by atoms with Crippen LogP contribution in [0.2, 0.25) is 0 Å². The minimum Gasteiger partial charge on any atom is -0.507 e. The monoisotopic (exact) mass is 456 g/mol. The molecule has 4 rings (SSSR count). The summed E-state index contributed by atoms with van der Waals surface area (Å²) >= 11 is 1.47. The number of ketones is 1. The quantitative estimate of drug-likeness (QED) is 0.373. The van der Waals surface area contributed by atoms with Crippen molar-refractivity contribution in [1.29, 1.82) is 0 Å². The van der Waals surface area contributed by atoms with E-state index in [0.29, 0.717) is 44.2 Å². The van der Waals surface area contributed by atoms with Gasteiger partial charge in [-0.2, -0.15) is 0 Å². The normalized spacial score (nSPS) is 21.3. The van der Waals surface area contributed by atoms with Gasteiger partial charge in [-0.3, -0.25) is 14.5 Å². The molecule has 0 spiro atoms. The Balaban J connectivity index is 1.66. The molecule has 1 aromatic carbocycles. The molecule has 7 nitrogen and oxygen atoms in total. The average Bonchev–Trinajstić information content (AvgIpc) is 3.44. The predicted octanol–water partition coefficient (Wildman–Crippen LogP) is 3.29. The Hall–Kier alpha value is -2.68. The van der Waals surface area contributed by atoms with Crippen LogP contribution in [0.5, 0.6) is 5.75 Å². The topological polar surface area (TPSA) is 79.3 Å². The maximum absolute atomic E-state index is 13.1. The number of thiophene rings is 1. The zero-order valence-corrected chi connectivity index (χ0v) is 19.0. The third kappa shape index (κ3) is 4.72. The number of hydrogen-bond donors (Lipinski definition) is 1. The highest BCUT2D eigenvalue weighted by Crippen LogP contribution is 2.41. The first-order chi connectivity index (χ1) is 15.6. The van der Waals surface area contributed by atoms with Gasteiger partial charge in [0.25, 0.3) is 11.7 Å². The van der Waals surface area contributed by atoms with E-state index in [-0.39, 0.29) is 11.3 Å². The van der Waals surface area contributed by atoms with Gasteiger partial charge in [-0.25, -0.2) is 0 Å². The standard InChI is InChI=1S/C24H28N2O5S/c1-2-12-31-18-6-3-5-17(16-18)22(27)20-21(19-7-4-15-32-19)26(24(29)23(20)28)9-8-25-10-13-30-14-11-25/h3-7,15-16,21,27H,2,8-14H2,1H3/b22-20+. The fourth-order valence-corrected chi connectivity index (χ4v) is 4.88. The minimum absolute atomic E-state index is 0.132. The number of hydrogen-bond acceptors (Lipinski definition) is 7. The zero-order chi connectivity index (χ0) is 22.5. The molecule has 0 saturated carbocycles. The van der Waals surface area contributed by atoms with Crippen LogP contribution < -0.4 is 4.74 Å². The second-order valence-electron chi connectivity index (χ2n) is 7.84. The molecule has 3 heterocycles. The molecule has 0 radical (unpaired) electrons. The molecule has 1 aromatic heterocycles. The van der Waals surface area contributed by atoms with Gasteiger partial charge in [0.1, 0.15) is 11.5 Å². The lowest BCUT2D eigenvalue weighted by atomic mass is 9.99. The van der Waals surface area contributed by atoms with E-state index in [1.165, 1.54) is 11.3 Å². The molecule has 32 heavy (non-hydrogen) atoms. The molecule has 1 N–H and O–H groups in total. The van der Waals surface area contributed by atoms with Crippen molar-refractivity contribution in [1.82, 2.24) is 9.80 Å². The first-order valence-electron chi connectivity index (χ1n) is 10.9. The van der Waals surface area contributed by atoms with Crippen molar-refractivity contribution in [3.63, 3.8) is 0 Å². The Kier molecular flexibility index (Phi) is 7.24. The fourth-order valence-electron chi connectivity index (χ4n) is 4.04. The fraction of sp³-hybridized carbons (Fsp3) is 0.417. The van der Waals surface area contributed by atoms with Crippen molar-refractivity contribution >= 4 is 28.8 Å². The number of rotatable bonds is 8. The second-order valence-corrected chi connectivity index (χ2v) is 8.82. The van der Waals surface area contributed by atoms with E-state index in [1.54, 1.807) is 23.1 Å². The third-order valence-corrected chi connectivity index (χ3v) is 6.62. The molecule has 0 bridgehead atoms. The number of aliphatic hydroxyl groups is 1. The van der Waals surface area contributed by atoms with E-state index in [2.05, 4.69) is 4.90 Å². The summed E-state index contributed by atoms with van der Waals surface area (Å²) in [5, 5.41) is 13.1. The summed E-state index contributed by atoms with van der Waals surface area (Å²) in [5.74, 6) is -0.776. The summed E-state index contributed by atoms with van der Waals surface area (Å²) < 4.78 is 11.1. The highest BCUT2D eigenvalue weighted by molar-refractivity contribution is 7.10. The van der Waals surface area contributed by atoms with Crippen LogP contribution in [0.4, 0.5) is 0 Å². The number of morpholine rings is 1. The number of aliphatic hydroxyl groups excluding tert-OH is 1. The van der Waals surface area contributed by atoms with Gasteiger partial charge in [0.15, 0.2) is 0 Å². The highest BCUT2D eigenvalue weighted by Gasteiger charge is 2.46. The molecule has 170 valence electrons. The van der Waals surface area contributed by atoms with Crippen molar-refractivity contribution in [2.75, 3.05) is 46.0 Å². The maximum atomic E-state index is 13.1. The lowest BCUT2D eigenvalue weighted by Gasteiger charge is -2.30. The Morgan fingerprint density at radius 3 is 2.72 bits per heavy atom. The van der Waals surface area contributed by atoms with Crippen molar-refractivity contribution in [2.24, 2.45) is 0 Å². The number of amides is 1. The molecule has 2 aromatic rings. The molecule has 2 aliphatic heterocycles. The van der Waals surface area contributed by atoms with Crippen molar-refractivity contribution < 1.29 is 24.2 Å². The summed E-state index contributed by atoms with van der Waals surface area (Å²) in [6.45, 7) is 6.58. The number of ether oxygens (including phenoxy) is 2. The number of benzene rings is 1. The number of Topliss-reactive ketones (excluding diaryl/α,β-unsaturated/α-hetero) is 1. The largest absolute Gasteiger partial charge is 0.507 e. The smallest absolute Gasteiger partial charge is 0.295 e. The lowest BCUT2D eigenvalue weighted by Crippen LogP contribution is -2.42. The molecular formula is C24H28N2O5S. The molecule has 1 amide bonds. The second kappa shape index (κ2) is 10.3. The molecule has 2 saturated heterocycles. The minimum atomic E-state index is -0.650.